The van der Waals surface area contributed by atoms with Crippen LogP contribution in [0, 0.1) is 0 Å². The van der Waals surface area contributed by atoms with Crippen molar-refractivity contribution in [2.24, 2.45) is 0 Å². The van der Waals surface area contributed by atoms with E-state index >= 15 is 0 Å². The van der Waals surface area contributed by atoms with Crippen molar-refractivity contribution >= 4 is 5.57 Å². The van der Waals surface area contributed by atoms with Crippen LogP contribution in [-0.4, -0.2) is 34.9 Å². The molecular formula is C45H35N7. The Morgan fingerprint density at radius 2 is 0.846 bits per heavy atom. The lowest BCUT2D eigenvalue weighted by atomic mass is 10.0. The molecular weight excluding hydrogens is 639 g/mol. The summed E-state index contributed by atoms with van der Waals surface area (Å²) in [4.78, 5) is 31.7. The van der Waals surface area contributed by atoms with E-state index in [0.29, 0.717) is 17.5 Å². The first-order chi connectivity index (χ1) is 25.6. The molecule has 0 saturated heterocycles. The fourth-order valence-electron chi connectivity index (χ4n) is 5.54. The molecule has 0 aliphatic rings. The molecule has 0 saturated carbocycles. The molecule has 0 radical (unpaired) electrons. The third-order valence-electron chi connectivity index (χ3n) is 8.56. The van der Waals surface area contributed by atoms with Gasteiger partial charge in [-0.3, -0.25) is 19.9 Å². The van der Waals surface area contributed by atoms with Crippen LogP contribution in [0.2, 0.25) is 0 Å². The molecule has 3 aromatic carbocycles. The average Bonchev–Trinajstić information content (AvgIpc) is 3.25. The van der Waals surface area contributed by atoms with Gasteiger partial charge in [-0.15, -0.1) is 0 Å². The van der Waals surface area contributed by atoms with Crippen molar-refractivity contribution < 1.29 is 0 Å². The second-order valence-electron chi connectivity index (χ2n) is 12.0. The van der Waals surface area contributed by atoms with Gasteiger partial charge in [0.1, 0.15) is 0 Å². The number of aromatic nitrogens is 7. The van der Waals surface area contributed by atoms with Crippen LogP contribution >= 0.6 is 0 Å². The number of benzene rings is 3. The van der Waals surface area contributed by atoms with E-state index in [1.807, 2.05) is 123 Å². The van der Waals surface area contributed by atoms with Gasteiger partial charge in [0, 0.05) is 65.6 Å². The molecule has 52 heavy (non-hydrogen) atoms. The Morgan fingerprint density at radius 1 is 0.404 bits per heavy atom. The molecule has 0 amide bonds. The lowest BCUT2D eigenvalue weighted by Crippen LogP contribution is -2.00. The van der Waals surface area contributed by atoms with Gasteiger partial charge < -0.3 is 0 Å². The van der Waals surface area contributed by atoms with Gasteiger partial charge in [-0.2, -0.15) is 0 Å². The summed E-state index contributed by atoms with van der Waals surface area (Å²) in [6.07, 6.45) is 14.8. The Hall–Kier alpha value is -6.99. The number of nitrogens with zero attached hydrogens (tertiary/aromatic N) is 7. The highest BCUT2D eigenvalue weighted by Crippen LogP contribution is 2.29. The molecule has 250 valence electrons. The van der Waals surface area contributed by atoms with Gasteiger partial charge >= 0.3 is 0 Å². The number of hydrogen-bond donors (Lipinski definition) is 0. The van der Waals surface area contributed by atoms with Crippen molar-refractivity contribution in [2.75, 3.05) is 0 Å². The maximum absolute atomic E-state index is 4.91. The second kappa shape index (κ2) is 16.1. The molecule has 5 aromatic heterocycles. The van der Waals surface area contributed by atoms with Crippen LogP contribution in [0.5, 0.6) is 0 Å². The van der Waals surface area contributed by atoms with E-state index in [2.05, 4.69) is 63.3 Å². The highest BCUT2D eigenvalue weighted by molar-refractivity contribution is 5.73. The summed E-state index contributed by atoms with van der Waals surface area (Å²) in [5.41, 5.74) is 11.4. The van der Waals surface area contributed by atoms with E-state index in [0.717, 1.165) is 50.2 Å². The van der Waals surface area contributed by atoms with E-state index < -0.39 is 0 Å². The van der Waals surface area contributed by atoms with Gasteiger partial charge in [0.2, 0.25) is 0 Å². The zero-order valence-electron chi connectivity index (χ0n) is 28.9. The van der Waals surface area contributed by atoms with Crippen molar-refractivity contribution in [2.45, 2.75) is 13.8 Å². The molecule has 0 atom stereocenters. The molecule has 0 unspecified atom stereocenters. The Labute approximate surface area is 303 Å². The molecule has 0 aliphatic heterocycles. The number of allylic oxidation sites excluding steroid dienone is 2. The van der Waals surface area contributed by atoms with Gasteiger partial charge in [-0.05, 0) is 77.6 Å². The predicted octanol–water partition coefficient (Wildman–Crippen LogP) is 10.6. The summed E-state index contributed by atoms with van der Waals surface area (Å²) in [5, 5.41) is 0. The molecule has 0 bridgehead atoms. The summed E-state index contributed by atoms with van der Waals surface area (Å²) < 4.78 is 0. The number of hydrogen-bond acceptors (Lipinski definition) is 7. The molecule has 7 nitrogen and oxygen atoms in total. The SMILES string of the molecule is C/C=C(\C)c1cccnc1.c1ccc(-c2ccc(-c3nc(-c4ccc(-c5cccnc5)cc4)nc(-c4ccc(-c5cccnc5)cc4)n3)cc2)nc1. The van der Waals surface area contributed by atoms with Crippen LogP contribution in [0.15, 0.2) is 177 Å². The number of pyridine rings is 4. The monoisotopic (exact) mass is 673 g/mol. The third-order valence-corrected chi connectivity index (χ3v) is 8.56. The lowest BCUT2D eigenvalue weighted by Gasteiger charge is -2.10. The molecule has 5 heterocycles. The zero-order chi connectivity index (χ0) is 35.5. The fourth-order valence-corrected chi connectivity index (χ4v) is 5.54. The highest BCUT2D eigenvalue weighted by Gasteiger charge is 2.13. The van der Waals surface area contributed by atoms with Crippen LogP contribution < -0.4 is 0 Å². The Kier molecular flexibility index (Phi) is 10.4. The summed E-state index contributed by atoms with van der Waals surface area (Å²) in [6.45, 7) is 4.11. The van der Waals surface area contributed by atoms with Gasteiger partial charge in [-0.1, -0.05) is 103 Å². The van der Waals surface area contributed by atoms with E-state index in [9.17, 15) is 0 Å². The first kappa shape index (κ1) is 33.5. The van der Waals surface area contributed by atoms with Crippen molar-refractivity contribution in [3.05, 3.63) is 182 Å². The van der Waals surface area contributed by atoms with Crippen molar-refractivity contribution in [3.8, 4) is 67.7 Å². The van der Waals surface area contributed by atoms with Crippen LogP contribution in [-0.2, 0) is 0 Å². The van der Waals surface area contributed by atoms with E-state index in [1.165, 1.54) is 11.1 Å². The van der Waals surface area contributed by atoms with Crippen LogP contribution in [0.1, 0.15) is 19.4 Å². The third kappa shape index (κ3) is 8.07. The van der Waals surface area contributed by atoms with Crippen molar-refractivity contribution in [3.63, 3.8) is 0 Å². The lowest BCUT2D eigenvalue weighted by molar-refractivity contribution is 1.07. The van der Waals surface area contributed by atoms with Crippen LogP contribution in [0.4, 0.5) is 0 Å². The average molecular weight is 674 g/mol. The van der Waals surface area contributed by atoms with E-state index in [-0.39, 0.29) is 0 Å². The summed E-state index contributed by atoms with van der Waals surface area (Å²) in [7, 11) is 0. The molecule has 8 rings (SSSR count). The standard InChI is InChI=1S/C36H24N6.C9H11N/c1-2-22-39-33(7-1)27-12-18-30(19-13-27)36-41-34(28-14-8-25(9-15-28)31-5-3-20-37-23-31)40-35(42-36)29-16-10-26(11-17-29)32-6-4-21-38-24-32;1-3-8(2)9-5-4-6-10-7-9/h1-24H;3-7H,1-2H3/b;8-3+. The van der Waals surface area contributed by atoms with E-state index in [4.69, 9.17) is 15.0 Å². The predicted molar refractivity (Wildman–Crippen MR) is 209 cm³/mol. The van der Waals surface area contributed by atoms with Gasteiger partial charge in [0.15, 0.2) is 17.5 Å². The van der Waals surface area contributed by atoms with Crippen molar-refractivity contribution in [1.29, 1.82) is 0 Å². The summed E-state index contributed by atoms with van der Waals surface area (Å²) in [5.74, 6) is 1.82. The Bertz CT molecular complexity index is 2120. The minimum absolute atomic E-state index is 0.607. The van der Waals surface area contributed by atoms with Gasteiger partial charge in [0.05, 0.1) is 5.69 Å². The molecule has 8 aromatic rings. The first-order valence-electron chi connectivity index (χ1n) is 17.0. The van der Waals surface area contributed by atoms with Crippen LogP contribution in [0.25, 0.3) is 73.2 Å². The molecule has 0 fully saturated rings. The Balaban J connectivity index is 0.000000365. The van der Waals surface area contributed by atoms with Gasteiger partial charge in [0.25, 0.3) is 0 Å². The molecule has 0 spiro atoms. The smallest absolute Gasteiger partial charge is 0.164 e. The molecule has 0 N–H and O–H groups in total. The molecule has 7 heteroatoms. The zero-order valence-corrected chi connectivity index (χ0v) is 28.9. The minimum Gasteiger partial charge on any atom is -0.264 e. The van der Waals surface area contributed by atoms with E-state index in [1.54, 1.807) is 24.8 Å². The largest absolute Gasteiger partial charge is 0.264 e. The number of rotatable bonds is 7. The maximum atomic E-state index is 4.91. The fraction of sp³-hybridized carbons (Fsp3) is 0.0444. The van der Waals surface area contributed by atoms with Crippen molar-refractivity contribution in [1.82, 2.24) is 34.9 Å². The first-order valence-corrected chi connectivity index (χ1v) is 17.0. The maximum Gasteiger partial charge on any atom is 0.164 e. The molecule has 0 aliphatic carbocycles. The minimum atomic E-state index is 0.607. The topological polar surface area (TPSA) is 90.2 Å². The Morgan fingerprint density at radius 3 is 1.23 bits per heavy atom. The second-order valence-corrected chi connectivity index (χ2v) is 12.0. The van der Waals surface area contributed by atoms with Crippen LogP contribution in [0.3, 0.4) is 0 Å². The summed E-state index contributed by atoms with van der Waals surface area (Å²) in [6, 6.07) is 42.5. The summed E-state index contributed by atoms with van der Waals surface area (Å²) >= 11 is 0. The van der Waals surface area contributed by atoms with Gasteiger partial charge in [-0.25, -0.2) is 15.0 Å². The normalized spacial score (nSPS) is 11.0. The quantitative estimate of drug-likeness (QED) is 0.166. The highest BCUT2D eigenvalue weighted by atomic mass is 15.0.